The molecule has 0 saturated carbocycles. The van der Waals surface area contributed by atoms with Gasteiger partial charge in [-0.15, -0.1) is 0 Å². The second-order valence-electron chi connectivity index (χ2n) is 3.28. The normalized spacial score (nSPS) is 11.8. The van der Waals surface area contributed by atoms with Gasteiger partial charge in [0.05, 0.1) is 0 Å². The number of carbonyl (C=O) groups is 2. The topological polar surface area (TPSA) is 57.6 Å². The Kier molecular flexibility index (Phi) is 3.85. The SMILES string of the molecule is CC(C(=O)O)N(C=O)Cc1ccccc1. The zero-order valence-electron chi connectivity index (χ0n) is 8.46. The molecule has 0 aliphatic rings. The van der Waals surface area contributed by atoms with E-state index in [1.54, 1.807) is 0 Å². The molecule has 80 valence electrons. The van der Waals surface area contributed by atoms with E-state index >= 15 is 0 Å². The van der Waals surface area contributed by atoms with Crippen molar-refractivity contribution < 1.29 is 14.7 Å². The van der Waals surface area contributed by atoms with Gasteiger partial charge in [-0.1, -0.05) is 30.3 Å². The third-order valence-electron chi connectivity index (χ3n) is 2.20. The van der Waals surface area contributed by atoms with E-state index in [1.807, 2.05) is 30.3 Å². The molecule has 0 aliphatic carbocycles. The van der Waals surface area contributed by atoms with Gasteiger partial charge in [0.25, 0.3) is 0 Å². The lowest BCUT2D eigenvalue weighted by Crippen LogP contribution is -2.37. The molecular weight excluding hydrogens is 194 g/mol. The van der Waals surface area contributed by atoms with Crippen LogP contribution in [0.25, 0.3) is 0 Å². The van der Waals surface area contributed by atoms with E-state index in [-0.39, 0.29) is 0 Å². The maximum absolute atomic E-state index is 10.7. The van der Waals surface area contributed by atoms with Crippen LogP contribution in [-0.2, 0) is 16.1 Å². The summed E-state index contributed by atoms with van der Waals surface area (Å²) in [6.45, 7) is 1.80. The first-order valence-electron chi connectivity index (χ1n) is 4.63. The van der Waals surface area contributed by atoms with Gasteiger partial charge in [-0.25, -0.2) is 4.79 Å². The van der Waals surface area contributed by atoms with E-state index in [4.69, 9.17) is 5.11 Å². The van der Waals surface area contributed by atoms with Crippen LogP contribution in [0.4, 0.5) is 0 Å². The average Bonchev–Trinajstić information content (AvgIpc) is 2.26. The molecule has 0 spiro atoms. The zero-order chi connectivity index (χ0) is 11.3. The largest absolute Gasteiger partial charge is 0.480 e. The highest BCUT2D eigenvalue weighted by Crippen LogP contribution is 2.06. The molecule has 0 radical (unpaired) electrons. The van der Waals surface area contributed by atoms with Gasteiger partial charge in [-0.2, -0.15) is 0 Å². The standard InChI is InChI=1S/C11H13NO3/c1-9(11(14)15)12(8-13)7-10-5-3-2-4-6-10/h2-6,8-9H,7H2,1H3,(H,14,15). The Hall–Kier alpha value is -1.84. The molecule has 1 unspecified atom stereocenters. The van der Waals surface area contributed by atoms with Crippen LogP contribution >= 0.6 is 0 Å². The fourth-order valence-corrected chi connectivity index (χ4v) is 1.20. The first-order valence-corrected chi connectivity index (χ1v) is 4.63. The second kappa shape index (κ2) is 5.14. The van der Waals surface area contributed by atoms with Crippen molar-refractivity contribution in [1.29, 1.82) is 0 Å². The van der Waals surface area contributed by atoms with Gasteiger partial charge in [0, 0.05) is 6.54 Å². The molecule has 1 amide bonds. The Morgan fingerprint density at radius 1 is 1.47 bits per heavy atom. The molecule has 1 rings (SSSR count). The summed E-state index contributed by atoms with van der Waals surface area (Å²) in [5, 5.41) is 8.76. The molecule has 4 nitrogen and oxygen atoms in total. The number of carboxylic acids is 1. The fraction of sp³-hybridized carbons (Fsp3) is 0.273. The van der Waals surface area contributed by atoms with E-state index in [0.717, 1.165) is 5.56 Å². The van der Waals surface area contributed by atoms with Gasteiger partial charge in [-0.05, 0) is 12.5 Å². The fourth-order valence-electron chi connectivity index (χ4n) is 1.20. The number of rotatable bonds is 5. The number of amides is 1. The minimum absolute atomic E-state index is 0.317. The van der Waals surface area contributed by atoms with Crippen molar-refractivity contribution in [2.75, 3.05) is 0 Å². The van der Waals surface area contributed by atoms with Gasteiger partial charge in [-0.3, -0.25) is 4.79 Å². The molecule has 0 bridgehead atoms. The Morgan fingerprint density at radius 3 is 2.53 bits per heavy atom. The molecule has 0 aliphatic heterocycles. The lowest BCUT2D eigenvalue weighted by molar-refractivity contribution is -0.145. The predicted molar refractivity (Wildman–Crippen MR) is 55.1 cm³/mol. The molecule has 15 heavy (non-hydrogen) atoms. The van der Waals surface area contributed by atoms with Crippen molar-refractivity contribution in [3.8, 4) is 0 Å². The van der Waals surface area contributed by atoms with Crippen LogP contribution in [0.3, 0.4) is 0 Å². The minimum atomic E-state index is -1.00. The molecular formula is C11H13NO3. The highest BCUT2D eigenvalue weighted by atomic mass is 16.4. The van der Waals surface area contributed by atoms with Crippen LogP contribution in [0.15, 0.2) is 30.3 Å². The van der Waals surface area contributed by atoms with Crippen molar-refractivity contribution in [1.82, 2.24) is 4.90 Å². The van der Waals surface area contributed by atoms with Crippen molar-refractivity contribution in [3.63, 3.8) is 0 Å². The first-order chi connectivity index (χ1) is 7.15. The van der Waals surface area contributed by atoms with Gasteiger partial charge in [0.15, 0.2) is 0 Å². The van der Waals surface area contributed by atoms with Crippen LogP contribution in [0.2, 0.25) is 0 Å². The van der Waals surface area contributed by atoms with Gasteiger partial charge >= 0.3 is 5.97 Å². The maximum Gasteiger partial charge on any atom is 0.326 e. The molecule has 1 N–H and O–H groups in total. The summed E-state index contributed by atoms with van der Waals surface area (Å²) >= 11 is 0. The summed E-state index contributed by atoms with van der Waals surface area (Å²) in [5.41, 5.74) is 0.915. The number of carboxylic acid groups (broad SMARTS) is 1. The van der Waals surface area contributed by atoms with Crippen LogP contribution in [0.1, 0.15) is 12.5 Å². The third kappa shape index (κ3) is 3.09. The molecule has 0 fully saturated rings. The van der Waals surface area contributed by atoms with E-state index in [1.165, 1.54) is 11.8 Å². The number of carbonyl (C=O) groups excluding carboxylic acids is 1. The minimum Gasteiger partial charge on any atom is -0.480 e. The van der Waals surface area contributed by atoms with Gasteiger partial charge in [0.1, 0.15) is 6.04 Å². The zero-order valence-corrected chi connectivity index (χ0v) is 8.46. The van der Waals surface area contributed by atoms with Crippen LogP contribution in [0.5, 0.6) is 0 Å². The number of hydrogen-bond acceptors (Lipinski definition) is 2. The van der Waals surface area contributed by atoms with E-state index < -0.39 is 12.0 Å². The smallest absolute Gasteiger partial charge is 0.326 e. The Balaban J connectivity index is 2.70. The lowest BCUT2D eigenvalue weighted by Gasteiger charge is -2.21. The highest BCUT2D eigenvalue weighted by Gasteiger charge is 2.18. The monoisotopic (exact) mass is 207 g/mol. The summed E-state index contributed by atoms with van der Waals surface area (Å²) in [7, 11) is 0. The Bertz CT molecular complexity index is 337. The maximum atomic E-state index is 10.7. The summed E-state index contributed by atoms with van der Waals surface area (Å²) in [6.07, 6.45) is 0.561. The van der Waals surface area contributed by atoms with Crippen molar-refractivity contribution >= 4 is 12.4 Å². The summed E-state index contributed by atoms with van der Waals surface area (Å²) in [4.78, 5) is 22.7. The van der Waals surface area contributed by atoms with Crippen LogP contribution < -0.4 is 0 Å². The molecule has 0 heterocycles. The van der Waals surface area contributed by atoms with Crippen LogP contribution in [-0.4, -0.2) is 28.4 Å². The van der Waals surface area contributed by atoms with Gasteiger partial charge in [0.2, 0.25) is 6.41 Å². The highest BCUT2D eigenvalue weighted by molar-refractivity contribution is 5.75. The first kappa shape index (κ1) is 11.2. The predicted octanol–water partition coefficient (Wildman–Crippen LogP) is 1.12. The van der Waals surface area contributed by atoms with Crippen molar-refractivity contribution in [3.05, 3.63) is 35.9 Å². The third-order valence-corrected chi connectivity index (χ3v) is 2.20. The quantitative estimate of drug-likeness (QED) is 0.736. The summed E-state index contributed by atoms with van der Waals surface area (Å²) in [5.74, 6) is -1.00. The molecule has 1 atom stereocenters. The van der Waals surface area contributed by atoms with E-state index in [0.29, 0.717) is 13.0 Å². The lowest BCUT2D eigenvalue weighted by atomic mass is 10.2. The van der Waals surface area contributed by atoms with Crippen molar-refractivity contribution in [2.24, 2.45) is 0 Å². The molecule has 0 saturated heterocycles. The Morgan fingerprint density at radius 2 is 2.07 bits per heavy atom. The average molecular weight is 207 g/mol. The van der Waals surface area contributed by atoms with E-state index in [9.17, 15) is 9.59 Å². The second-order valence-corrected chi connectivity index (χ2v) is 3.28. The number of hydrogen-bond donors (Lipinski definition) is 1. The Labute approximate surface area is 88.1 Å². The number of benzene rings is 1. The molecule has 1 aromatic rings. The number of nitrogens with zero attached hydrogens (tertiary/aromatic N) is 1. The molecule has 0 aromatic heterocycles. The van der Waals surface area contributed by atoms with Crippen LogP contribution in [0, 0.1) is 0 Å². The van der Waals surface area contributed by atoms with E-state index in [2.05, 4.69) is 0 Å². The summed E-state index contributed by atoms with van der Waals surface area (Å²) < 4.78 is 0. The van der Waals surface area contributed by atoms with Crippen molar-refractivity contribution in [2.45, 2.75) is 19.5 Å². The van der Waals surface area contributed by atoms with Gasteiger partial charge < -0.3 is 10.0 Å². The summed E-state index contributed by atoms with van der Waals surface area (Å²) in [6, 6.07) is 8.47. The number of aliphatic carboxylic acids is 1. The molecule has 4 heteroatoms. The molecule has 1 aromatic carbocycles.